The highest BCUT2D eigenvalue weighted by Crippen LogP contribution is 2.26. The van der Waals surface area contributed by atoms with Gasteiger partial charge < -0.3 is 15.6 Å². The fourth-order valence-corrected chi connectivity index (χ4v) is 1.52. The Morgan fingerprint density at radius 2 is 2.00 bits per heavy atom. The summed E-state index contributed by atoms with van der Waals surface area (Å²) in [6.45, 7) is 6.24. The van der Waals surface area contributed by atoms with Crippen molar-refractivity contribution in [3.63, 3.8) is 0 Å². The minimum Gasteiger partial charge on any atom is -0.396 e. The molecule has 80 valence electrons. The maximum absolute atomic E-state index is 9.27. The summed E-state index contributed by atoms with van der Waals surface area (Å²) in [5.74, 6) is 0. The monoisotopic (exact) mass is 189 g/mol. The Balaban J connectivity index is 3.89. The molecule has 0 radical (unpaired) electrons. The number of aliphatic hydroxyl groups is 1. The first-order valence-corrected chi connectivity index (χ1v) is 5.13. The van der Waals surface area contributed by atoms with Crippen molar-refractivity contribution in [2.24, 2.45) is 11.1 Å². The van der Waals surface area contributed by atoms with E-state index in [1.165, 1.54) is 0 Å². The molecule has 3 N–H and O–H groups in total. The molecule has 0 saturated heterocycles. The standard InChI is InChI=1S/C10H23NO2/c1-3-5-10(8-11,9-12)6-7-13-4-2/h12H,3-9,11H2,1-2H3. The summed E-state index contributed by atoms with van der Waals surface area (Å²) in [5.41, 5.74) is 5.56. The molecular formula is C10H23NO2. The number of rotatable bonds is 8. The SMILES string of the molecule is CCCC(CN)(CO)CCOCC. The Labute approximate surface area is 81.3 Å². The van der Waals surface area contributed by atoms with Crippen LogP contribution in [0.1, 0.15) is 33.1 Å². The molecule has 0 fully saturated rings. The van der Waals surface area contributed by atoms with Crippen LogP contribution in [0.15, 0.2) is 0 Å². The lowest BCUT2D eigenvalue weighted by Crippen LogP contribution is -2.35. The van der Waals surface area contributed by atoms with Gasteiger partial charge in [-0.25, -0.2) is 0 Å². The molecule has 0 amide bonds. The first-order chi connectivity index (χ1) is 6.24. The lowest BCUT2D eigenvalue weighted by atomic mass is 9.81. The van der Waals surface area contributed by atoms with E-state index < -0.39 is 0 Å². The topological polar surface area (TPSA) is 55.5 Å². The van der Waals surface area contributed by atoms with E-state index in [1.807, 2.05) is 6.92 Å². The molecule has 0 heterocycles. The van der Waals surface area contributed by atoms with Crippen molar-refractivity contribution in [2.45, 2.75) is 33.1 Å². The van der Waals surface area contributed by atoms with Gasteiger partial charge in [-0.1, -0.05) is 13.3 Å². The van der Waals surface area contributed by atoms with Crippen LogP contribution in [0.3, 0.4) is 0 Å². The first kappa shape index (κ1) is 12.9. The minimum absolute atomic E-state index is 0.107. The van der Waals surface area contributed by atoms with Gasteiger partial charge in [0.25, 0.3) is 0 Å². The Kier molecular flexibility index (Phi) is 7.23. The Hall–Kier alpha value is -0.120. The lowest BCUT2D eigenvalue weighted by Gasteiger charge is -2.29. The van der Waals surface area contributed by atoms with Gasteiger partial charge in [-0.05, 0) is 19.8 Å². The van der Waals surface area contributed by atoms with Crippen molar-refractivity contribution < 1.29 is 9.84 Å². The van der Waals surface area contributed by atoms with E-state index in [9.17, 15) is 5.11 Å². The third kappa shape index (κ3) is 4.60. The number of aliphatic hydroxyl groups excluding tert-OH is 1. The molecule has 0 aromatic rings. The van der Waals surface area contributed by atoms with Crippen LogP contribution >= 0.6 is 0 Å². The molecule has 0 aliphatic carbocycles. The second-order valence-corrected chi connectivity index (χ2v) is 3.56. The van der Waals surface area contributed by atoms with E-state index >= 15 is 0 Å². The summed E-state index contributed by atoms with van der Waals surface area (Å²) in [6, 6.07) is 0. The fourth-order valence-electron chi connectivity index (χ4n) is 1.52. The number of nitrogens with two attached hydrogens (primary N) is 1. The first-order valence-electron chi connectivity index (χ1n) is 5.13. The van der Waals surface area contributed by atoms with Crippen LogP contribution in [0.4, 0.5) is 0 Å². The minimum atomic E-state index is -0.107. The summed E-state index contributed by atoms with van der Waals surface area (Å²) in [6.07, 6.45) is 2.90. The largest absolute Gasteiger partial charge is 0.396 e. The zero-order valence-corrected chi connectivity index (χ0v) is 8.88. The second kappa shape index (κ2) is 7.30. The number of hydrogen-bond donors (Lipinski definition) is 2. The van der Waals surface area contributed by atoms with Crippen molar-refractivity contribution in [3.8, 4) is 0 Å². The molecule has 0 aliphatic heterocycles. The van der Waals surface area contributed by atoms with Gasteiger partial charge in [0.05, 0.1) is 0 Å². The van der Waals surface area contributed by atoms with E-state index in [1.54, 1.807) is 0 Å². The third-order valence-corrected chi connectivity index (χ3v) is 2.53. The molecule has 0 aliphatic rings. The van der Waals surface area contributed by atoms with Gasteiger partial charge in [0.2, 0.25) is 0 Å². The zero-order valence-electron chi connectivity index (χ0n) is 8.88. The maximum Gasteiger partial charge on any atom is 0.0500 e. The van der Waals surface area contributed by atoms with Crippen molar-refractivity contribution in [3.05, 3.63) is 0 Å². The highest BCUT2D eigenvalue weighted by atomic mass is 16.5. The van der Waals surface area contributed by atoms with E-state index in [2.05, 4.69) is 6.92 Å². The molecule has 0 spiro atoms. The number of ether oxygens (including phenoxy) is 1. The van der Waals surface area contributed by atoms with Crippen LogP contribution in [0.25, 0.3) is 0 Å². The third-order valence-electron chi connectivity index (χ3n) is 2.53. The molecule has 0 bridgehead atoms. The zero-order chi connectivity index (χ0) is 10.2. The predicted octanol–water partition coefficient (Wildman–Crippen LogP) is 1.15. The van der Waals surface area contributed by atoms with Crippen LogP contribution in [0, 0.1) is 5.41 Å². The van der Waals surface area contributed by atoms with E-state index in [0.29, 0.717) is 13.2 Å². The van der Waals surface area contributed by atoms with Gasteiger partial charge in [-0.3, -0.25) is 0 Å². The smallest absolute Gasteiger partial charge is 0.0500 e. The van der Waals surface area contributed by atoms with Crippen LogP contribution < -0.4 is 5.73 Å². The van der Waals surface area contributed by atoms with Gasteiger partial charge in [-0.15, -0.1) is 0 Å². The van der Waals surface area contributed by atoms with Crippen LogP contribution in [0.2, 0.25) is 0 Å². The summed E-state index contributed by atoms with van der Waals surface area (Å²) >= 11 is 0. The quantitative estimate of drug-likeness (QED) is 0.563. The van der Waals surface area contributed by atoms with E-state index in [0.717, 1.165) is 25.9 Å². The van der Waals surface area contributed by atoms with Gasteiger partial charge in [0.15, 0.2) is 0 Å². The summed E-state index contributed by atoms with van der Waals surface area (Å²) in [5, 5.41) is 9.27. The van der Waals surface area contributed by atoms with Crippen LogP contribution in [-0.4, -0.2) is 31.5 Å². The Bertz CT molecular complexity index is 113. The molecule has 0 rings (SSSR count). The molecule has 1 unspecified atom stereocenters. The highest BCUT2D eigenvalue weighted by molar-refractivity contribution is 4.78. The molecule has 3 nitrogen and oxygen atoms in total. The van der Waals surface area contributed by atoms with Crippen molar-refractivity contribution in [2.75, 3.05) is 26.4 Å². The highest BCUT2D eigenvalue weighted by Gasteiger charge is 2.26. The molecule has 1 atom stereocenters. The predicted molar refractivity (Wildman–Crippen MR) is 54.6 cm³/mol. The molecule has 0 aromatic heterocycles. The van der Waals surface area contributed by atoms with Crippen LogP contribution in [0.5, 0.6) is 0 Å². The average Bonchev–Trinajstić information content (AvgIpc) is 2.17. The fraction of sp³-hybridized carbons (Fsp3) is 1.00. The maximum atomic E-state index is 9.27. The summed E-state index contributed by atoms with van der Waals surface area (Å²) in [4.78, 5) is 0. The molecular weight excluding hydrogens is 166 g/mol. The lowest BCUT2D eigenvalue weighted by molar-refractivity contribution is 0.0597. The van der Waals surface area contributed by atoms with Gasteiger partial charge >= 0.3 is 0 Å². The molecule has 13 heavy (non-hydrogen) atoms. The molecule has 0 aromatic carbocycles. The van der Waals surface area contributed by atoms with Crippen LogP contribution in [-0.2, 0) is 4.74 Å². The average molecular weight is 189 g/mol. The van der Waals surface area contributed by atoms with E-state index in [4.69, 9.17) is 10.5 Å². The van der Waals surface area contributed by atoms with Gasteiger partial charge in [0, 0.05) is 31.8 Å². The Morgan fingerprint density at radius 3 is 2.38 bits per heavy atom. The summed E-state index contributed by atoms with van der Waals surface area (Å²) < 4.78 is 5.27. The van der Waals surface area contributed by atoms with Gasteiger partial charge in [0.1, 0.15) is 0 Å². The van der Waals surface area contributed by atoms with Crippen molar-refractivity contribution in [1.29, 1.82) is 0 Å². The van der Waals surface area contributed by atoms with Gasteiger partial charge in [-0.2, -0.15) is 0 Å². The number of hydrogen-bond acceptors (Lipinski definition) is 3. The van der Waals surface area contributed by atoms with Crippen molar-refractivity contribution in [1.82, 2.24) is 0 Å². The molecule has 0 saturated carbocycles. The van der Waals surface area contributed by atoms with Crippen molar-refractivity contribution >= 4 is 0 Å². The molecule has 3 heteroatoms. The Morgan fingerprint density at radius 1 is 1.31 bits per heavy atom. The second-order valence-electron chi connectivity index (χ2n) is 3.56. The van der Waals surface area contributed by atoms with E-state index in [-0.39, 0.29) is 12.0 Å². The summed E-state index contributed by atoms with van der Waals surface area (Å²) in [7, 11) is 0. The normalized spacial score (nSPS) is 15.7.